The maximum atomic E-state index is 12.5. The molecule has 28 heavy (non-hydrogen) atoms. The van der Waals surface area contributed by atoms with Crippen molar-refractivity contribution in [2.75, 3.05) is 11.9 Å². The van der Waals surface area contributed by atoms with Gasteiger partial charge in [0, 0.05) is 35.8 Å². The van der Waals surface area contributed by atoms with Crippen LogP contribution in [0.3, 0.4) is 0 Å². The van der Waals surface area contributed by atoms with Crippen LogP contribution in [-0.4, -0.2) is 38.0 Å². The fourth-order valence-corrected chi connectivity index (χ4v) is 4.26. The van der Waals surface area contributed by atoms with E-state index >= 15 is 0 Å². The highest BCUT2D eigenvalue weighted by atomic mass is 35.5. The molecule has 2 aromatic heterocycles. The number of aromatic nitrogens is 3. The van der Waals surface area contributed by atoms with Crippen molar-refractivity contribution in [2.24, 2.45) is 0 Å². The average Bonchev–Trinajstić information content (AvgIpc) is 3.37. The van der Waals surface area contributed by atoms with E-state index in [4.69, 9.17) is 11.6 Å². The Balaban J connectivity index is 1.36. The van der Waals surface area contributed by atoms with E-state index < -0.39 is 0 Å². The molecule has 144 valence electrons. The predicted molar refractivity (Wildman–Crippen MR) is 108 cm³/mol. The standard InChI is InChI=1S/C19H18ClN5O2S/c20-14-1-2-16(25-12-21-11-22-25)15(9-14)23-18(26)3-4-19(27)24-7-5-17-13(10-24)6-8-28-17/h1-2,6,8-9,11-12H,3-5,7,10H2,(H,23,26). The number of carbonyl (C=O) groups excluding carboxylic acids is 2. The van der Waals surface area contributed by atoms with Crippen molar-refractivity contribution in [3.8, 4) is 5.69 Å². The number of hydrogen-bond donors (Lipinski definition) is 1. The van der Waals surface area contributed by atoms with Crippen molar-refractivity contribution in [3.05, 3.63) is 57.8 Å². The summed E-state index contributed by atoms with van der Waals surface area (Å²) in [5.41, 5.74) is 2.39. The lowest BCUT2D eigenvalue weighted by atomic mass is 10.1. The van der Waals surface area contributed by atoms with E-state index in [1.54, 1.807) is 34.2 Å². The van der Waals surface area contributed by atoms with E-state index in [1.165, 1.54) is 23.1 Å². The molecule has 0 radical (unpaired) electrons. The van der Waals surface area contributed by atoms with Gasteiger partial charge in [0.2, 0.25) is 11.8 Å². The summed E-state index contributed by atoms with van der Waals surface area (Å²) in [6.07, 6.45) is 4.11. The Hall–Kier alpha value is -2.71. The highest BCUT2D eigenvalue weighted by Gasteiger charge is 2.22. The van der Waals surface area contributed by atoms with Crippen molar-refractivity contribution in [3.63, 3.8) is 0 Å². The molecule has 3 heterocycles. The summed E-state index contributed by atoms with van der Waals surface area (Å²) in [5.74, 6) is -0.250. The minimum absolute atomic E-state index is 0.00501. The van der Waals surface area contributed by atoms with Gasteiger partial charge in [-0.1, -0.05) is 11.6 Å². The molecule has 1 aliphatic rings. The first-order chi connectivity index (χ1) is 13.6. The molecule has 1 aromatic carbocycles. The number of rotatable bonds is 5. The van der Waals surface area contributed by atoms with Gasteiger partial charge in [0.1, 0.15) is 12.7 Å². The summed E-state index contributed by atoms with van der Waals surface area (Å²) in [7, 11) is 0. The summed E-state index contributed by atoms with van der Waals surface area (Å²) in [5, 5.41) is 9.47. The normalized spacial score (nSPS) is 13.2. The van der Waals surface area contributed by atoms with Crippen molar-refractivity contribution in [1.82, 2.24) is 19.7 Å². The van der Waals surface area contributed by atoms with E-state index in [9.17, 15) is 9.59 Å². The van der Waals surface area contributed by atoms with Crippen molar-refractivity contribution >= 4 is 40.4 Å². The number of benzene rings is 1. The van der Waals surface area contributed by atoms with Crippen LogP contribution in [0, 0.1) is 0 Å². The monoisotopic (exact) mass is 415 g/mol. The molecule has 1 N–H and O–H groups in total. The van der Waals surface area contributed by atoms with Gasteiger partial charge in [-0.25, -0.2) is 9.67 Å². The molecule has 0 saturated heterocycles. The van der Waals surface area contributed by atoms with Crippen molar-refractivity contribution in [1.29, 1.82) is 0 Å². The number of amides is 2. The summed E-state index contributed by atoms with van der Waals surface area (Å²) in [6, 6.07) is 7.19. The molecule has 7 nitrogen and oxygen atoms in total. The molecule has 9 heteroatoms. The summed E-state index contributed by atoms with van der Waals surface area (Å²) < 4.78 is 1.54. The van der Waals surface area contributed by atoms with Crippen LogP contribution in [0.1, 0.15) is 23.3 Å². The number of nitrogens with one attached hydrogen (secondary N) is 1. The molecule has 0 fully saturated rings. The second kappa shape index (κ2) is 8.12. The van der Waals surface area contributed by atoms with Crippen LogP contribution in [0.25, 0.3) is 5.69 Å². The summed E-state index contributed by atoms with van der Waals surface area (Å²) >= 11 is 7.80. The summed E-state index contributed by atoms with van der Waals surface area (Å²) in [4.78, 5) is 32.0. The number of carbonyl (C=O) groups is 2. The van der Waals surface area contributed by atoms with Crippen molar-refractivity contribution < 1.29 is 9.59 Å². The third-order valence-corrected chi connectivity index (χ3v) is 5.88. The van der Waals surface area contributed by atoms with Gasteiger partial charge in [-0.2, -0.15) is 5.10 Å². The zero-order chi connectivity index (χ0) is 19.5. The molecular formula is C19H18ClN5O2S. The zero-order valence-electron chi connectivity index (χ0n) is 15.0. The number of thiophene rings is 1. The maximum absolute atomic E-state index is 12.5. The van der Waals surface area contributed by atoms with Crippen LogP contribution in [0.15, 0.2) is 42.3 Å². The number of nitrogens with zero attached hydrogens (tertiary/aromatic N) is 4. The molecular weight excluding hydrogens is 398 g/mol. The lowest BCUT2D eigenvalue weighted by Crippen LogP contribution is -2.35. The van der Waals surface area contributed by atoms with E-state index in [0.717, 1.165) is 6.42 Å². The minimum Gasteiger partial charge on any atom is -0.338 e. The molecule has 0 spiro atoms. The Morgan fingerprint density at radius 3 is 2.96 bits per heavy atom. The average molecular weight is 416 g/mol. The molecule has 4 rings (SSSR count). The molecule has 0 unspecified atom stereocenters. The van der Waals surface area contributed by atoms with E-state index in [2.05, 4.69) is 26.8 Å². The van der Waals surface area contributed by atoms with Gasteiger partial charge in [0.15, 0.2) is 0 Å². The van der Waals surface area contributed by atoms with Crippen LogP contribution >= 0.6 is 22.9 Å². The van der Waals surface area contributed by atoms with E-state index in [1.807, 2.05) is 4.90 Å². The van der Waals surface area contributed by atoms with Gasteiger partial charge in [0.25, 0.3) is 0 Å². The summed E-state index contributed by atoms with van der Waals surface area (Å²) in [6.45, 7) is 1.34. The molecule has 0 bridgehead atoms. The van der Waals surface area contributed by atoms with Gasteiger partial charge >= 0.3 is 0 Å². The Morgan fingerprint density at radius 2 is 2.14 bits per heavy atom. The fraction of sp³-hybridized carbons (Fsp3) is 0.263. The van der Waals surface area contributed by atoms with E-state index in [-0.39, 0.29) is 24.7 Å². The van der Waals surface area contributed by atoms with Crippen LogP contribution in [0.2, 0.25) is 5.02 Å². The number of anilines is 1. The Kier molecular flexibility index (Phi) is 5.40. The molecule has 0 aliphatic carbocycles. The highest BCUT2D eigenvalue weighted by molar-refractivity contribution is 7.10. The number of halogens is 1. The topological polar surface area (TPSA) is 80.1 Å². The van der Waals surface area contributed by atoms with Crippen LogP contribution in [0.5, 0.6) is 0 Å². The first-order valence-corrected chi connectivity index (χ1v) is 10.1. The van der Waals surface area contributed by atoms with Gasteiger partial charge in [-0.3, -0.25) is 9.59 Å². The van der Waals surface area contributed by atoms with Crippen LogP contribution in [-0.2, 0) is 22.6 Å². The van der Waals surface area contributed by atoms with Gasteiger partial charge in [-0.05, 0) is 41.6 Å². The maximum Gasteiger partial charge on any atom is 0.224 e. The molecule has 0 saturated carbocycles. The second-order valence-corrected chi connectivity index (χ2v) is 7.92. The largest absolute Gasteiger partial charge is 0.338 e. The van der Waals surface area contributed by atoms with E-state index in [0.29, 0.717) is 29.5 Å². The zero-order valence-corrected chi connectivity index (χ0v) is 16.5. The smallest absolute Gasteiger partial charge is 0.224 e. The SMILES string of the molecule is O=C(CCC(=O)N1CCc2sccc2C1)Nc1cc(Cl)ccc1-n1cncn1. The number of hydrogen-bond acceptors (Lipinski definition) is 5. The molecule has 2 amide bonds. The quantitative estimate of drug-likeness (QED) is 0.693. The predicted octanol–water partition coefficient (Wildman–Crippen LogP) is 3.29. The first kappa shape index (κ1) is 18.6. The third-order valence-electron chi connectivity index (χ3n) is 4.62. The van der Waals surface area contributed by atoms with Gasteiger partial charge < -0.3 is 10.2 Å². The Morgan fingerprint density at radius 1 is 1.25 bits per heavy atom. The molecule has 0 atom stereocenters. The van der Waals surface area contributed by atoms with Crippen LogP contribution in [0.4, 0.5) is 5.69 Å². The highest BCUT2D eigenvalue weighted by Crippen LogP contribution is 2.26. The minimum atomic E-state index is -0.245. The lowest BCUT2D eigenvalue weighted by Gasteiger charge is -2.27. The Labute approximate surface area is 170 Å². The third kappa shape index (κ3) is 4.07. The fourth-order valence-electron chi connectivity index (χ4n) is 3.19. The molecule has 1 aliphatic heterocycles. The Bertz CT molecular complexity index is 1000. The number of fused-ring (bicyclic) bond motifs is 1. The molecule has 3 aromatic rings. The second-order valence-electron chi connectivity index (χ2n) is 6.48. The van der Waals surface area contributed by atoms with Gasteiger partial charge in [0.05, 0.1) is 11.4 Å². The van der Waals surface area contributed by atoms with Crippen molar-refractivity contribution in [2.45, 2.75) is 25.8 Å². The van der Waals surface area contributed by atoms with Crippen LogP contribution < -0.4 is 5.32 Å². The lowest BCUT2D eigenvalue weighted by molar-refractivity contribution is -0.133. The van der Waals surface area contributed by atoms with Gasteiger partial charge in [-0.15, -0.1) is 11.3 Å². The first-order valence-electron chi connectivity index (χ1n) is 8.87.